The minimum absolute atomic E-state index is 0.00641. The van der Waals surface area contributed by atoms with Crippen LogP contribution in [0.3, 0.4) is 0 Å². The van der Waals surface area contributed by atoms with Crippen LogP contribution in [0.25, 0.3) is 56.0 Å². The maximum absolute atomic E-state index is 14.6. The Labute approximate surface area is 254 Å². The first kappa shape index (κ1) is 29.7. The lowest BCUT2D eigenvalue weighted by molar-refractivity contribution is 0.0964. The standard InChI is InChI=1S/C31H24F3N5O5S/c1-35-31(40)26-19-11-18(23(39(2)45(4,41)42)13-24(19)44-29(26)15-5-7-16(32)8-6-15)30-36-14-25(43-3)28(38-30)22-12-17-21(37-22)10-9-20(33)27(17)34/h5-14,37H,1-4H3,(H,35,40). The monoisotopic (exact) mass is 635 g/mol. The van der Waals surface area contributed by atoms with Crippen molar-refractivity contribution in [1.29, 1.82) is 0 Å². The first-order valence-electron chi connectivity index (χ1n) is 13.3. The number of nitrogens with one attached hydrogen (secondary N) is 2. The van der Waals surface area contributed by atoms with Gasteiger partial charge in [-0.1, -0.05) is 0 Å². The van der Waals surface area contributed by atoms with Gasteiger partial charge in [-0.05, 0) is 48.5 Å². The molecule has 0 spiro atoms. The maximum Gasteiger partial charge on any atom is 0.255 e. The number of furan rings is 1. The van der Waals surface area contributed by atoms with E-state index in [1.54, 1.807) is 0 Å². The molecule has 0 bridgehead atoms. The van der Waals surface area contributed by atoms with Gasteiger partial charge in [0, 0.05) is 47.6 Å². The highest BCUT2D eigenvalue weighted by Crippen LogP contribution is 2.41. The molecule has 0 atom stereocenters. The van der Waals surface area contributed by atoms with Crippen molar-refractivity contribution in [2.45, 2.75) is 0 Å². The molecule has 0 radical (unpaired) electrons. The van der Waals surface area contributed by atoms with Crippen molar-refractivity contribution in [3.63, 3.8) is 0 Å². The minimum atomic E-state index is -3.83. The van der Waals surface area contributed by atoms with E-state index in [0.717, 1.165) is 16.6 Å². The van der Waals surface area contributed by atoms with Crippen LogP contribution >= 0.6 is 0 Å². The molecule has 10 nitrogen and oxygen atoms in total. The fourth-order valence-corrected chi connectivity index (χ4v) is 5.53. The summed E-state index contributed by atoms with van der Waals surface area (Å²) in [6.45, 7) is 0. The van der Waals surface area contributed by atoms with Gasteiger partial charge in [0.15, 0.2) is 23.2 Å². The van der Waals surface area contributed by atoms with Gasteiger partial charge in [-0.3, -0.25) is 9.10 Å². The van der Waals surface area contributed by atoms with Crippen molar-refractivity contribution in [2.24, 2.45) is 0 Å². The number of nitrogens with zero attached hydrogens (tertiary/aromatic N) is 3. The van der Waals surface area contributed by atoms with E-state index in [9.17, 15) is 26.4 Å². The third-order valence-corrected chi connectivity index (χ3v) is 8.56. The second kappa shape index (κ2) is 11.0. The van der Waals surface area contributed by atoms with Crippen LogP contribution in [-0.4, -0.2) is 56.7 Å². The highest BCUT2D eigenvalue weighted by molar-refractivity contribution is 7.92. The van der Waals surface area contributed by atoms with Crippen LogP contribution in [0.2, 0.25) is 0 Å². The Hall–Kier alpha value is -5.37. The zero-order chi connectivity index (χ0) is 32.2. The molecule has 0 unspecified atom stereocenters. The molecular formula is C31H24F3N5O5S. The molecule has 230 valence electrons. The molecule has 0 aliphatic heterocycles. The van der Waals surface area contributed by atoms with Gasteiger partial charge in [0.2, 0.25) is 10.0 Å². The van der Waals surface area contributed by atoms with Crippen molar-refractivity contribution >= 4 is 43.5 Å². The van der Waals surface area contributed by atoms with Crippen LogP contribution in [0.1, 0.15) is 10.4 Å². The number of benzene rings is 3. The Morgan fingerprint density at radius 1 is 1.04 bits per heavy atom. The van der Waals surface area contributed by atoms with Crippen molar-refractivity contribution in [2.75, 3.05) is 31.8 Å². The zero-order valence-corrected chi connectivity index (χ0v) is 25.0. The van der Waals surface area contributed by atoms with Gasteiger partial charge >= 0.3 is 0 Å². The van der Waals surface area contributed by atoms with Crippen LogP contribution in [0, 0.1) is 17.5 Å². The van der Waals surface area contributed by atoms with Crippen molar-refractivity contribution in [1.82, 2.24) is 20.3 Å². The molecule has 6 rings (SSSR count). The summed E-state index contributed by atoms with van der Waals surface area (Å²) < 4.78 is 80.2. The number of carbonyl (C=O) groups is 1. The lowest BCUT2D eigenvalue weighted by Gasteiger charge is -2.20. The Morgan fingerprint density at radius 2 is 1.78 bits per heavy atom. The van der Waals surface area contributed by atoms with Gasteiger partial charge in [0.1, 0.15) is 22.9 Å². The SMILES string of the molecule is CNC(=O)c1c(-c2ccc(F)cc2)oc2cc(N(C)S(C)(=O)=O)c(-c3ncc(OC)c(-c4cc5c(F)c(F)ccc5[nH]4)n3)cc12. The number of halogens is 3. The third-order valence-electron chi connectivity index (χ3n) is 7.37. The van der Waals surface area contributed by atoms with E-state index >= 15 is 0 Å². The molecule has 3 aromatic carbocycles. The molecule has 1 amide bonds. The summed E-state index contributed by atoms with van der Waals surface area (Å²) in [5, 5.41) is 2.88. The van der Waals surface area contributed by atoms with Crippen molar-refractivity contribution in [3.05, 3.63) is 83.8 Å². The number of anilines is 1. The van der Waals surface area contributed by atoms with Gasteiger partial charge in [0.25, 0.3) is 5.91 Å². The molecule has 3 aromatic heterocycles. The number of aromatic amines is 1. The van der Waals surface area contributed by atoms with E-state index < -0.39 is 33.4 Å². The number of fused-ring (bicyclic) bond motifs is 2. The summed E-state index contributed by atoms with van der Waals surface area (Å²) in [5.41, 5.74) is 1.79. The quantitative estimate of drug-likeness (QED) is 0.224. The Balaban J connectivity index is 1.64. The van der Waals surface area contributed by atoms with E-state index in [1.165, 1.54) is 75.9 Å². The first-order chi connectivity index (χ1) is 21.4. The zero-order valence-electron chi connectivity index (χ0n) is 24.2. The second-order valence-electron chi connectivity index (χ2n) is 10.1. The number of methoxy groups -OCH3 is 1. The van der Waals surface area contributed by atoms with Crippen LogP contribution in [0.15, 0.2) is 65.2 Å². The molecule has 0 fully saturated rings. The van der Waals surface area contributed by atoms with E-state index in [0.29, 0.717) is 16.5 Å². The number of hydrogen-bond donors (Lipinski definition) is 2. The molecule has 0 aliphatic carbocycles. The van der Waals surface area contributed by atoms with Crippen LogP contribution in [-0.2, 0) is 10.0 Å². The van der Waals surface area contributed by atoms with Gasteiger partial charge in [-0.2, -0.15) is 0 Å². The Kier molecular flexibility index (Phi) is 7.23. The molecular weight excluding hydrogens is 611 g/mol. The third kappa shape index (κ3) is 5.12. The number of hydrogen-bond acceptors (Lipinski definition) is 7. The molecule has 14 heteroatoms. The highest BCUT2D eigenvalue weighted by atomic mass is 32.2. The summed E-state index contributed by atoms with van der Waals surface area (Å²) in [4.78, 5) is 25.2. The fourth-order valence-electron chi connectivity index (χ4n) is 5.02. The normalized spacial score (nSPS) is 11.7. The van der Waals surface area contributed by atoms with E-state index in [1.807, 2.05) is 0 Å². The summed E-state index contributed by atoms with van der Waals surface area (Å²) in [6, 6.07) is 12.1. The number of amides is 1. The number of aromatic nitrogens is 3. The highest BCUT2D eigenvalue weighted by Gasteiger charge is 2.27. The smallest absolute Gasteiger partial charge is 0.255 e. The van der Waals surface area contributed by atoms with Gasteiger partial charge in [-0.15, -0.1) is 0 Å². The average molecular weight is 636 g/mol. The second-order valence-corrected chi connectivity index (χ2v) is 12.1. The molecule has 6 aromatic rings. The number of carbonyl (C=O) groups excluding carboxylic acids is 1. The van der Waals surface area contributed by atoms with E-state index in [2.05, 4.69) is 20.3 Å². The lowest BCUT2D eigenvalue weighted by Crippen LogP contribution is -2.25. The number of rotatable bonds is 7. The molecule has 3 heterocycles. The predicted molar refractivity (Wildman–Crippen MR) is 163 cm³/mol. The van der Waals surface area contributed by atoms with Crippen molar-refractivity contribution in [3.8, 4) is 39.8 Å². The molecule has 0 saturated heterocycles. The Morgan fingerprint density at radius 3 is 2.44 bits per heavy atom. The topological polar surface area (TPSA) is 130 Å². The first-order valence-corrected chi connectivity index (χ1v) is 15.2. The van der Waals surface area contributed by atoms with Gasteiger partial charge in [-0.25, -0.2) is 31.6 Å². The molecule has 0 aliphatic rings. The maximum atomic E-state index is 14.6. The Bertz CT molecular complexity index is 2250. The van der Waals surface area contributed by atoms with Gasteiger partial charge in [0.05, 0.1) is 36.5 Å². The van der Waals surface area contributed by atoms with Crippen LogP contribution in [0.5, 0.6) is 5.75 Å². The summed E-state index contributed by atoms with van der Waals surface area (Å²) >= 11 is 0. The van der Waals surface area contributed by atoms with Crippen LogP contribution in [0.4, 0.5) is 18.9 Å². The minimum Gasteiger partial charge on any atom is -0.493 e. The summed E-state index contributed by atoms with van der Waals surface area (Å²) in [6.07, 6.45) is 2.37. The van der Waals surface area contributed by atoms with E-state index in [4.69, 9.17) is 9.15 Å². The number of ether oxygens (including phenoxy) is 1. The lowest BCUT2D eigenvalue weighted by atomic mass is 10.0. The summed E-state index contributed by atoms with van der Waals surface area (Å²) in [7, 11) is 0.333. The van der Waals surface area contributed by atoms with E-state index in [-0.39, 0.29) is 56.5 Å². The molecule has 0 saturated carbocycles. The predicted octanol–water partition coefficient (Wildman–Crippen LogP) is 5.89. The fraction of sp³-hybridized carbons (Fsp3) is 0.129. The number of sulfonamides is 1. The number of H-pyrrole nitrogens is 1. The van der Waals surface area contributed by atoms with Crippen LogP contribution < -0.4 is 14.4 Å². The van der Waals surface area contributed by atoms with Crippen molar-refractivity contribution < 1.29 is 35.5 Å². The largest absolute Gasteiger partial charge is 0.493 e. The van der Waals surface area contributed by atoms with Gasteiger partial charge < -0.3 is 19.5 Å². The average Bonchev–Trinajstić information content (AvgIpc) is 3.63. The molecule has 2 N–H and O–H groups in total. The summed E-state index contributed by atoms with van der Waals surface area (Å²) in [5.74, 6) is -2.69. The molecule has 45 heavy (non-hydrogen) atoms.